The van der Waals surface area contributed by atoms with E-state index in [0.717, 1.165) is 36.0 Å². The molecule has 2 aromatic carbocycles. The summed E-state index contributed by atoms with van der Waals surface area (Å²) in [6.07, 6.45) is 3.76. The van der Waals surface area contributed by atoms with Gasteiger partial charge >= 0.3 is 0 Å². The standard InChI is InChI=1S/C22H23NO2S.ClH/c1-2-7-22(21(6-1)17-12-14-26-16-17)25-20-10-8-19(9-11-20)24-15-18-5-3-4-13-23-18;/h1-2,6-12,14,16,18,23H,3-5,13,15H2;1H/t18-;/m0./s1. The molecule has 5 heteroatoms. The first-order valence-electron chi connectivity index (χ1n) is 9.14. The number of halogens is 1. The van der Waals surface area contributed by atoms with Gasteiger partial charge in [0.25, 0.3) is 0 Å². The Balaban J connectivity index is 0.00000210. The Morgan fingerprint density at radius 3 is 2.52 bits per heavy atom. The molecule has 0 aliphatic carbocycles. The summed E-state index contributed by atoms with van der Waals surface area (Å²) in [7, 11) is 0. The number of hydrogen-bond donors (Lipinski definition) is 1. The van der Waals surface area contributed by atoms with Crippen LogP contribution in [0.4, 0.5) is 0 Å². The molecule has 2 heterocycles. The number of benzene rings is 2. The average Bonchev–Trinajstić information content (AvgIpc) is 3.23. The minimum absolute atomic E-state index is 0. The molecular formula is C22H24ClNO2S. The van der Waals surface area contributed by atoms with E-state index in [0.29, 0.717) is 6.04 Å². The van der Waals surface area contributed by atoms with Gasteiger partial charge in [-0.05, 0) is 72.1 Å². The fraction of sp³-hybridized carbons (Fsp3) is 0.273. The number of hydrogen-bond acceptors (Lipinski definition) is 4. The molecule has 4 rings (SSSR count). The molecule has 3 nitrogen and oxygen atoms in total. The van der Waals surface area contributed by atoms with E-state index in [-0.39, 0.29) is 12.4 Å². The predicted octanol–water partition coefficient (Wildman–Crippen LogP) is 6.15. The molecule has 0 unspecified atom stereocenters. The number of para-hydroxylation sites is 1. The number of rotatable bonds is 6. The zero-order valence-electron chi connectivity index (χ0n) is 15.1. The molecular weight excluding hydrogens is 378 g/mol. The van der Waals surface area contributed by atoms with Crippen LogP contribution in [0.5, 0.6) is 17.2 Å². The van der Waals surface area contributed by atoms with Gasteiger partial charge in [0.05, 0.1) is 0 Å². The fourth-order valence-electron chi connectivity index (χ4n) is 3.21. The highest BCUT2D eigenvalue weighted by Crippen LogP contribution is 2.34. The second-order valence-electron chi connectivity index (χ2n) is 6.54. The quantitative estimate of drug-likeness (QED) is 0.537. The van der Waals surface area contributed by atoms with Crippen LogP contribution in [0.2, 0.25) is 0 Å². The van der Waals surface area contributed by atoms with Crippen LogP contribution < -0.4 is 14.8 Å². The molecule has 3 aromatic rings. The number of piperidine rings is 1. The second kappa shape index (κ2) is 9.79. The van der Waals surface area contributed by atoms with Crippen molar-refractivity contribution in [2.45, 2.75) is 25.3 Å². The first kappa shape index (κ1) is 19.7. The molecule has 1 atom stereocenters. The molecule has 1 aliphatic rings. The van der Waals surface area contributed by atoms with E-state index >= 15 is 0 Å². The van der Waals surface area contributed by atoms with Crippen molar-refractivity contribution in [2.24, 2.45) is 0 Å². The van der Waals surface area contributed by atoms with Gasteiger partial charge < -0.3 is 14.8 Å². The third-order valence-corrected chi connectivity index (χ3v) is 5.32. The normalized spacial score (nSPS) is 16.4. The van der Waals surface area contributed by atoms with Gasteiger partial charge in [-0.15, -0.1) is 12.4 Å². The van der Waals surface area contributed by atoms with Crippen LogP contribution in [0.1, 0.15) is 19.3 Å². The Labute approximate surface area is 170 Å². The van der Waals surface area contributed by atoms with Crippen molar-refractivity contribution in [3.63, 3.8) is 0 Å². The zero-order chi connectivity index (χ0) is 17.6. The maximum absolute atomic E-state index is 6.12. The SMILES string of the molecule is Cl.c1ccc(-c2ccsc2)c(Oc2ccc(OC[C@@H]3CCCCN3)cc2)c1. The third kappa shape index (κ3) is 5.25. The summed E-state index contributed by atoms with van der Waals surface area (Å²) in [4.78, 5) is 0. The highest BCUT2D eigenvalue weighted by Gasteiger charge is 2.13. The molecule has 1 aliphatic heterocycles. The lowest BCUT2D eigenvalue weighted by Crippen LogP contribution is -2.38. The summed E-state index contributed by atoms with van der Waals surface area (Å²) in [5, 5.41) is 7.72. The van der Waals surface area contributed by atoms with Crippen molar-refractivity contribution < 1.29 is 9.47 Å². The molecule has 1 N–H and O–H groups in total. The largest absolute Gasteiger partial charge is 0.492 e. The van der Waals surface area contributed by atoms with Crippen molar-refractivity contribution in [3.8, 4) is 28.4 Å². The third-order valence-electron chi connectivity index (χ3n) is 4.63. The van der Waals surface area contributed by atoms with Crippen LogP contribution in [-0.2, 0) is 0 Å². The summed E-state index contributed by atoms with van der Waals surface area (Å²) >= 11 is 1.69. The van der Waals surface area contributed by atoms with E-state index < -0.39 is 0 Å². The predicted molar refractivity (Wildman–Crippen MR) is 115 cm³/mol. The topological polar surface area (TPSA) is 30.5 Å². The molecule has 0 radical (unpaired) electrons. The molecule has 0 amide bonds. The summed E-state index contributed by atoms with van der Waals surface area (Å²) < 4.78 is 12.0. The summed E-state index contributed by atoms with van der Waals surface area (Å²) in [6, 6.07) is 18.6. The Bertz CT molecular complexity index is 815. The summed E-state index contributed by atoms with van der Waals surface area (Å²) in [6.45, 7) is 1.82. The second-order valence-corrected chi connectivity index (χ2v) is 7.32. The van der Waals surface area contributed by atoms with Gasteiger partial charge in [0.1, 0.15) is 23.9 Å². The monoisotopic (exact) mass is 401 g/mol. The summed E-state index contributed by atoms with van der Waals surface area (Å²) in [5.74, 6) is 2.57. The lowest BCUT2D eigenvalue weighted by atomic mass is 10.1. The van der Waals surface area contributed by atoms with Crippen LogP contribution in [0.3, 0.4) is 0 Å². The molecule has 0 spiro atoms. The van der Waals surface area contributed by atoms with E-state index in [1.807, 2.05) is 42.5 Å². The minimum atomic E-state index is 0. The first-order chi connectivity index (χ1) is 12.9. The maximum Gasteiger partial charge on any atom is 0.135 e. The lowest BCUT2D eigenvalue weighted by molar-refractivity contribution is 0.239. The van der Waals surface area contributed by atoms with Crippen LogP contribution in [0, 0.1) is 0 Å². The molecule has 27 heavy (non-hydrogen) atoms. The Morgan fingerprint density at radius 2 is 1.78 bits per heavy atom. The van der Waals surface area contributed by atoms with E-state index in [1.54, 1.807) is 11.3 Å². The smallest absolute Gasteiger partial charge is 0.135 e. The highest BCUT2D eigenvalue weighted by molar-refractivity contribution is 7.08. The fourth-order valence-corrected chi connectivity index (χ4v) is 3.86. The van der Waals surface area contributed by atoms with Crippen LogP contribution in [0.15, 0.2) is 65.4 Å². The molecule has 0 saturated carbocycles. The number of nitrogens with one attached hydrogen (secondary N) is 1. The van der Waals surface area contributed by atoms with E-state index in [1.165, 1.54) is 24.8 Å². The molecule has 142 valence electrons. The van der Waals surface area contributed by atoms with Gasteiger partial charge in [-0.25, -0.2) is 0 Å². The van der Waals surface area contributed by atoms with Gasteiger partial charge in [-0.2, -0.15) is 11.3 Å². The zero-order valence-corrected chi connectivity index (χ0v) is 16.7. The lowest BCUT2D eigenvalue weighted by Gasteiger charge is -2.23. The van der Waals surface area contributed by atoms with Crippen LogP contribution in [-0.4, -0.2) is 19.2 Å². The molecule has 0 bridgehead atoms. The van der Waals surface area contributed by atoms with Crippen LogP contribution >= 0.6 is 23.7 Å². The van der Waals surface area contributed by atoms with Gasteiger partial charge in [0, 0.05) is 11.6 Å². The average molecular weight is 402 g/mol. The maximum atomic E-state index is 6.12. The molecule has 1 aromatic heterocycles. The van der Waals surface area contributed by atoms with E-state index in [2.05, 4.69) is 28.2 Å². The first-order valence-corrected chi connectivity index (χ1v) is 10.1. The number of ether oxygens (including phenoxy) is 2. The number of thiophene rings is 1. The minimum Gasteiger partial charge on any atom is -0.492 e. The van der Waals surface area contributed by atoms with Gasteiger partial charge in [-0.1, -0.05) is 24.6 Å². The van der Waals surface area contributed by atoms with Crippen molar-refractivity contribution in [1.29, 1.82) is 0 Å². The van der Waals surface area contributed by atoms with Crippen molar-refractivity contribution in [2.75, 3.05) is 13.2 Å². The Hall–Kier alpha value is -2.01. The van der Waals surface area contributed by atoms with Gasteiger partial charge in [-0.3, -0.25) is 0 Å². The Morgan fingerprint density at radius 1 is 0.963 bits per heavy atom. The van der Waals surface area contributed by atoms with Crippen molar-refractivity contribution >= 4 is 23.7 Å². The van der Waals surface area contributed by atoms with E-state index in [4.69, 9.17) is 9.47 Å². The highest BCUT2D eigenvalue weighted by atomic mass is 35.5. The van der Waals surface area contributed by atoms with Crippen LogP contribution in [0.25, 0.3) is 11.1 Å². The Kier molecular flexibility index (Phi) is 7.16. The van der Waals surface area contributed by atoms with Crippen molar-refractivity contribution in [1.82, 2.24) is 5.32 Å². The summed E-state index contributed by atoms with van der Waals surface area (Å²) in [5.41, 5.74) is 2.29. The molecule has 1 fully saturated rings. The van der Waals surface area contributed by atoms with Gasteiger partial charge in [0.2, 0.25) is 0 Å². The molecule has 1 saturated heterocycles. The van der Waals surface area contributed by atoms with Gasteiger partial charge in [0.15, 0.2) is 0 Å². The van der Waals surface area contributed by atoms with E-state index in [9.17, 15) is 0 Å². The van der Waals surface area contributed by atoms with Crippen molar-refractivity contribution in [3.05, 3.63) is 65.4 Å².